The quantitative estimate of drug-likeness (QED) is 0.806. The molecule has 0 N–H and O–H groups in total. The lowest BCUT2D eigenvalue weighted by Gasteiger charge is -2.35. The van der Waals surface area contributed by atoms with Gasteiger partial charge in [0.05, 0.1) is 11.7 Å². The summed E-state index contributed by atoms with van der Waals surface area (Å²) in [4.78, 5) is 14.4. The van der Waals surface area contributed by atoms with E-state index in [1.807, 2.05) is 35.2 Å². The summed E-state index contributed by atoms with van der Waals surface area (Å²) in [5, 5.41) is 0. The first-order valence-electron chi connectivity index (χ1n) is 6.47. The van der Waals surface area contributed by atoms with Crippen molar-refractivity contribution in [2.45, 2.75) is 17.5 Å². The number of benzene rings is 2. The number of para-hydroxylation sites is 1. The van der Waals surface area contributed by atoms with E-state index in [2.05, 4.69) is 0 Å². The molecular weight excluding hydrogens is 273 g/mol. The fourth-order valence-corrected chi connectivity index (χ4v) is 3.50. The highest BCUT2D eigenvalue weighted by atomic mass is 32.2. The molecule has 20 heavy (non-hydrogen) atoms. The molecule has 3 rings (SSSR count). The molecule has 0 radical (unpaired) electrons. The molecule has 1 aliphatic heterocycles. The lowest BCUT2D eigenvalue weighted by molar-refractivity contribution is -0.108. The van der Waals surface area contributed by atoms with Crippen molar-refractivity contribution < 1.29 is 9.18 Å². The zero-order valence-electron chi connectivity index (χ0n) is 10.8. The van der Waals surface area contributed by atoms with Crippen LogP contribution in [0.25, 0.3) is 0 Å². The van der Waals surface area contributed by atoms with E-state index in [0.717, 1.165) is 16.9 Å². The summed E-state index contributed by atoms with van der Waals surface area (Å²) in [6.45, 7) is 0.410. The number of halogens is 1. The van der Waals surface area contributed by atoms with Gasteiger partial charge in [-0.05, 0) is 18.2 Å². The van der Waals surface area contributed by atoms with Crippen LogP contribution in [-0.4, -0.2) is 18.1 Å². The number of anilines is 1. The fourth-order valence-electron chi connectivity index (χ4n) is 2.39. The Hall–Kier alpha value is -1.81. The molecule has 2 aromatic carbocycles. The molecule has 0 fully saturated rings. The molecule has 0 bridgehead atoms. The number of nitrogens with zero attached hydrogens (tertiary/aromatic N) is 1. The van der Waals surface area contributed by atoms with E-state index in [1.165, 1.54) is 6.07 Å². The Morgan fingerprint density at radius 3 is 2.75 bits per heavy atom. The maximum Gasteiger partial charge on any atom is 0.143 e. The van der Waals surface area contributed by atoms with E-state index in [-0.39, 0.29) is 11.9 Å². The Morgan fingerprint density at radius 1 is 1.20 bits per heavy atom. The van der Waals surface area contributed by atoms with Crippen molar-refractivity contribution in [1.82, 2.24) is 0 Å². The molecular formula is C16H14FNOS. The highest BCUT2D eigenvalue weighted by Gasteiger charge is 2.26. The minimum atomic E-state index is -0.229. The van der Waals surface area contributed by atoms with Crippen molar-refractivity contribution in [3.63, 3.8) is 0 Å². The number of fused-ring (bicyclic) bond motifs is 1. The summed E-state index contributed by atoms with van der Waals surface area (Å²) in [5.74, 6) is 0.475. The fraction of sp³-hybridized carbons (Fsp3) is 0.188. The van der Waals surface area contributed by atoms with Crippen LogP contribution in [0.5, 0.6) is 0 Å². The standard InChI is InChI=1S/C16H14FNOS/c17-14-6-2-1-5-12(14)9-18-13(10-19)11-20-16-8-4-3-7-15(16)18/h1-8,10,13H,9,11H2. The molecule has 1 unspecified atom stereocenters. The van der Waals surface area contributed by atoms with Crippen LogP contribution in [0.15, 0.2) is 53.4 Å². The van der Waals surface area contributed by atoms with Gasteiger partial charge in [-0.1, -0.05) is 30.3 Å². The van der Waals surface area contributed by atoms with Gasteiger partial charge in [0.1, 0.15) is 12.1 Å². The Labute approximate surface area is 121 Å². The lowest BCUT2D eigenvalue weighted by Crippen LogP contribution is -2.40. The van der Waals surface area contributed by atoms with Crippen LogP contribution in [0.1, 0.15) is 5.56 Å². The van der Waals surface area contributed by atoms with Crippen LogP contribution < -0.4 is 4.90 Å². The maximum atomic E-state index is 13.8. The van der Waals surface area contributed by atoms with E-state index in [4.69, 9.17) is 0 Å². The number of hydrogen-bond acceptors (Lipinski definition) is 3. The van der Waals surface area contributed by atoms with Crippen LogP contribution in [0.3, 0.4) is 0 Å². The first-order chi connectivity index (χ1) is 9.79. The molecule has 0 amide bonds. The Balaban J connectivity index is 1.97. The predicted octanol–water partition coefficient (Wildman–Crippen LogP) is 3.51. The van der Waals surface area contributed by atoms with Gasteiger partial charge in [0.15, 0.2) is 0 Å². The molecule has 2 nitrogen and oxygen atoms in total. The second kappa shape index (κ2) is 5.67. The van der Waals surface area contributed by atoms with Gasteiger partial charge in [0.2, 0.25) is 0 Å². The van der Waals surface area contributed by atoms with Gasteiger partial charge in [0, 0.05) is 22.8 Å². The molecule has 4 heteroatoms. The summed E-state index contributed by atoms with van der Waals surface area (Å²) in [6.07, 6.45) is 0.948. The van der Waals surface area contributed by atoms with Gasteiger partial charge in [-0.3, -0.25) is 0 Å². The summed E-state index contributed by atoms with van der Waals surface area (Å²) in [5.41, 5.74) is 1.62. The van der Waals surface area contributed by atoms with Crippen LogP contribution in [0.4, 0.5) is 10.1 Å². The average molecular weight is 287 g/mol. The predicted molar refractivity (Wildman–Crippen MR) is 79.6 cm³/mol. The molecule has 2 aromatic rings. The largest absolute Gasteiger partial charge is 0.356 e. The minimum Gasteiger partial charge on any atom is -0.356 e. The van der Waals surface area contributed by atoms with Gasteiger partial charge in [-0.15, -0.1) is 11.8 Å². The summed E-state index contributed by atoms with van der Waals surface area (Å²) in [6, 6.07) is 14.4. The number of thioether (sulfide) groups is 1. The molecule has 1 heterocycles. The Kier molecular flexibility index (Phi) is 3.74. The second-order valence-electron chi connectivity index (χ2n) is 4.70. The molecule has 0 aliphatic carbocycles. The van der Waals surface area contributed by atoms with Crippen LogP contribution >= 0.6 is 11.8 Å². The number of rotatable bonds is 3. The number of hydrogen-bond donors (Lipinski definition) is 0. The maximum absolute atomic E-state index is 13.8. The zero-order valence-corrected chi connectivity index (χ0v) is 11.6. The van der Waals surface area contributed by atoms with Crippen molar-refractivity contribution in [2.24, 2.45) is 0 Å². The average Bonchev–Trinajstić information content (AvgIpc) is 2.50. The molecule has 0 saturated heterocycles. The van der Waals surface area contributed by atoms with E-state index in [0.29, 0.717) is 17.9 Å². The van der Waals surface area contributed by atoms with Gasteiger partial charge in [0.25, 0.3) is 0 Å². The van der Waals surface area contributed by atoms with Crippen molar-refractivity contribution in [2.75, 3.05) is 10.7 Å². The molecule has 0 spiro atoms. The van der Waals surface area contributed by atoms with Gasteiger partial charge >= 0.3 is 0 Å². The second-order valence-corrected chi connectivity index (χ2v) is 5.76. The third-order valence-corrected chi connectivity index (χ3v) is 4.60. The van der Waals surface area contributed by atoms with E-state index in [1.54, 1.807) is 23.9 Å². The summed E-state index contributed by atoms with van der Waals surface area (Å²) < 4.78 is 13.8. The van der Waals surface area contributed by atoms with Gasteiger partial charge in [-0.2, -0.15) is 0 Å². The molecule has 1 aliphatic rings. The highest BCUT2D eigenvalue weighted by molar-refractivity contribution is 7.99. The first kappa shape index (κ1) is 13.2. The Morgan fingerprint density at radius 2 is 1.95 bits per heavy atom. The van der Waals surface area contributed by atoms with Crippen molar-refractivity contribution >= 4 is 23.7 Å². The molecule has 1 atom stereocenters. The number of carbonyl (C=O) groups is 1. The van der Waals surface area contributed by atoms with Crippen LogP contribution in [0.2, 0.25) is 0 Å². The SMILES string of the molecule is O=CC1CSc2ccccc2N1Cc1ccccc1F. The smallest absolute Gasteiger partial charge is 0.143 e. The third kappa shape index (κ3) is 2.43. The topological polar surface area (TPSA) is 20.3 Å². The van der Waals surface area contributed by atoms with E-state index in [9.17, 15) is 9.18 Å². The van der Waals surface area contributed by atoms with E-state index < -0.39 is 0 Å². The van der Waals surface area contributed by atoms with Crippen LogP contribution in [-0.2, 0) is 11.3 Å². The molecule has 102 valence electrons. The van der Waals surface area contributed by atoms with Crippen LogP contribution in [0, 0.1) is 5.82 Å². The molecule has 0 saturated carbocycles. The van der Waals surface area contributed by atoms with Gasteiger partial charge in [-0.25, -0.2) is 4.39 Å². The number of carbonyl (C=O) groups excluding carboxylic acids is 1. The molecule has 0 aromatic heterocycles. The Bertz CT molecular complexity index is 631. The van der Waals surface area contributed by atoms with Gasteiger partial charge < -0.3 is 9.69 Å². The summed E-state index contributed by atoms with van der Waals surface area (Å²) in [7, 11) is 0. The lowest BCUT2D eigenvalue weighted by atomic mass is 10.1. The van der Waals surface area contributed by atoms with Crippen molar-refractivity contribution in [3.8, 4) is 0 Å². The van der Waals surface area contributed by atoms with Crippen molar-refractivity contribution in [3.05, 3.63) is 59.9 Å². The first-order valence-corrected chi connectivity index (χ1v) is 7.45. The normalized spacial score (nSPS) is 17.6. The third-order valence-electron chi connectivity index (χ3n) is 3.44. The number of aldehydes is 1. The highest BCUT2D eigenvalue weighted by Crippen LogP contribution is 2.37. The van der Waals surface area contributed by atoms with E-state index >= 15 is 0 Å². The van der Waals surface area contributed by atoms with Crippen molar-refractivity contribution in [1.29, 1.82) is 0 Å². The minimum absolute atomic E-state index is 0.213. The monoisotopic (exact) mass is 287 g/mol. The summed E-state index contributed by atoms with van der Waals surface area (Å²) >= 11 is 1.67. The zero-order chi connectivity index (χ0) is 13.9.